The third-order valence-electron chi connectivity index (χ3n) is 3.67. The number of carboxylic acid groups (broad SMARTS) is 1. The van der Waals surface area contributed by atoms with Crippen LogP contribution in [-0.2, 0) is 9.59 Å². The van der Waals surface area contributed by atoms with Crippen molar-refractivity contribution >= 4 is 11.9 Å². The van der Waals surface area contributed by atoms with Gasteiger partial charge < -0.3 is 10.0 Å². The number of carbonyl (C=O) groups is 2. The van der Waals surface area contributed by atoms with E-state index in [1.54, 1.807) is 4.90 Å². The van der Waals surface area contributed by atoms with Gasteiger partial charge in [0.1, 0.15) is 0 Å². The molecule has 0 saturated carbocycles. The van der Waals surface area contributed by atoms with Crippen molar-refractivity contribution in [3.05, 3.63) is 35.9 Å². The Kier molecular flexibility index (Phi) is 3.88. The highest BCUT2D eigenvalue weighted by atomic mass is 16.4. The highest BCUT2D eigenvalue weighted by Gasteiger charge is 2.40. The summed E-state index contributed by atoms with van der Waals surface area (Å²) in [4.78, 5) is 25.1. The fraction of sp³-hybridized carbons (Fsp3) is 0.467. The quantitative estimate of drug-likeness (QED) is 0.905. The molecule has 4 nitrogen and oxygen atoms in total. The Morgan fingerprint density at radius 2 is 1.84 bits per heavy atom. The Balaban J connectivity index is 2.23. The maximum Gasteiger partial charge on any atom is 0.308 e. The van der Waals surface area contributed by atoms with E-state index in [9.17, 15) is 14.7 Å². The standard InChI is InChI=1S/C15H19NO3/c1-10(2)14(17)16-8-12(13(9-16)15(18)19)11-6-4-3-5-7-11/h3-7,10,12-13H,8-9H2,1-2H3,(H,18,19). The van der Waals surface area contributed by atoms with Crippen LogP contribution in [0.4, 0.5) is 0 Å². The van der Waals surface area contributed by atoms with Gasteiger partial charge in [-0.25, -0.2) is 0 Å². The van der Waals surface area contributed by atoms with Gasteiger partial charge in [-0.2, -0.15) is 0 Å². The van der Waals surface area contributed by atoms with Crippen LogP contribution in [-0.4, -0.2) is 35.0 Å². The van der Waals surface area contributed by atoms with Crippen LogP contribution in [0, 0.1) is 11.8 Å². The zero-order valence-corrected chi connectivity index (χ0v) is 11.2. The summed E-state index contributed by atoms with van der Waals surface area (Å²) in [5, 5.41) is 9.35. The smallest absolute Gasteiger partial charge is 0.308 e. The topological polar surface area (TPSA) is 57.6 Å². The SMILES string of the molecule is CC(C)C(=O)N1CC(C(=O)O)C(c2ccccc2)C1. The van der Waals surface area contributed by atoms with E-state index >= 15 is 0 Å². The van der Waals surface area contributed by atoms with Gasteiger partial charge in [-0.1, -0.05) is 44.2 Å². The summed E-state index contributed by atoms with van der Waals surface area (Å²) in [6, 6.07) is 9.58. The van der Waals surface area contributed by atoms with Gasteiger partial charge in [0, 0.05) is 24.9 Å². The van der Waals surface area contributed by atoms with Gasteiger partial charge in [-0.3, -0.25) is 9.59 Å². The van der Waals surface area contributed by atoms with Crippen molar-refractivity contribution in [2.75, 3.05) is 13.1 Å². The molecule has 102 valence electrons. The summed E-state index contributed by atoms with van der Waals surface area (Å²) in [6.07, 6.45) is 0. The Bertz CT molecular complexity index is 470. The molecular formula is C15H19NO3. The predicted molar refractivity (Wildman–Crippen MR) is 71.7 cm³/mol. The van der Waals surface area contributed by atoms with Gasteiger partial charge in [0.25, 0.3) is 0 Å². The van der Waals surface area contributed by atoms with E-state index < -0.39 is 11.9 Å². The molecule has 0 aliphatic carbocycles. The molecule has 0 aromatic heterocycles. The van der Waals surface area contributed by atoms with Crippen molar-refractivity contribution in [2.24, 2.45) is 11.8 Å². The van der Waals surface area contributed by atoms with E-state index in [4.69, 9.17) is 0 Å². The van der Waals surface area contributed by atoms with E-state index in [1.807, 2.05) is 44.2 Å². The van der Waals surface area contributed by atoms with Crippen molar-refractivity contribution in [1.82, 2.24) is 4.90 Å². The molecule has 1 aliphatic rings. The number of hydrogen-bond donors (Lipinski definition) is 1. The molecular weight excluding hydrogens is 242 g/mol. The molecule has 0 radical (unpaired) electrons. The number of nitrogens with zero attached hydrogens (tertiary/aromatic N) is 1. The third-order valence-corrected chi connectivity index (χ3v) is 3.67. The first-order chi connectivity index (χ1) is 9.00. The van der Waals surface area contributed by atoms with Crippen LogP contribution in [0.25, 0.3) is 0 Å². The maximum atomic E-state index is 12.0. The molecule has 1 saturated heterocycles. The summed E-state index contributed by atoms with van der Waals surface area (Å²) in [6.45, 7) is 4.49. The van der Waals surface area contributed by atoms with E-state index in [1.165, 1.54) is 0 Å². The van der Waals surface area contributed by atoms with Crippen LogP contribution in [0.15, 0.2) is 30.3 Å². The number of amides is 1. The van der Waals surface area contributed by atoms with Gasteiger partial charge in [-0.15, -0.1) is 0 Å². The fourth-order valence-electron chi connectivity index (χ4n) is 2.64. The van der Waals surface area contributed by atoms with Crippen LogP contribution in [0.3, 0.4) is 0 Å². The molecule has 2 unspecified atom stereocenters. The number of aliphatic carboxylic acids is 1. The maximum absolute atomic E-state index is 12.0. The lowest BCUT2D eigenvalue weighted by Crippen LogP contribution is -2.33. The minimum absolute atomic E-state index is 0.0321. The molecule has 2 atom stereocenters. The van der Waals surface area contributed by atoms with Crippen molar-refractivity contribution in [2.45, 2.75) is 19.8 Å². The third kappa shape index (κ3) is 2.78. The zero-order valence-electron chi connectivity index (χ0n) is 11.2. The Hall–Kier alpha value is -1.84. The van der Waals surface area contributed by atoms with E-state index in [0.29, 0.717) is 13.1 Å². The average molecular weight is 261 g/mol. The minimum atomic E-state index is -0.826. The summed E-state index contributed by atoms with van der Waals surface area (Å²) in [5.41, 5.74) is 0.994. The van der Waals surface area contributed by atoms with E-state index in [2.05, 4.69) is 0 Å². The second kappa shape index (κ2) is 5.43. The molecule has 1 aliphatic heterocycles. The molecule has 19 heavy (non-hydrogen) atoms. The van der Waals surface area contributed by atoms with Crippen LogP contribution >= 0.6 is 0 Å². The van der Waals surface area contributed by atoms with Gasteiger partial charge >= 0.3 is 5.97 Å². The van der Waals surface area contributed by atoms with Gasteiger partial charge in [0.15, 0.2) is 0 Å². The van der Waals surface area contributed by atoms with Crippen molar-refractivity contribution in [3.63, 3.8) is 0 Å². The first-order valence-corrected chi connectivity index (χ1v) is 6.57. The summed E-state index contributed by atoms with van der Waals surface area (Å²) in [5.74, 6) is -1.51. The molecule has 4 heteroatoms. The Morgan fingerprint density at radius 3 is 2.37 bits per heavy atom. The van der Waals surface area contributed by atoms with Crippen molar-refractivity contribution in [3.8, 4) is 0 Å². The van der Waals surface area contributed by atoms with Crippen molar-refractivity contribution in [1.29, 1.82) is 0 Å². The van der Waals surface area contributed by atoms with Gasteiger partial charge in [0.05, 0.1) is 5.92 Å². The molecule has 1 N–H and O–H groups in total. The van der Waals surface area contributed by atoms with Crippen molar-refractivity contribution < 1.29 is 14.7 Å². The lowest BCUT2D eigenvalue weighted by Gasteiger charge is -2.18. The molecule has 1 heterocycles. The second-order valence-corrected chi connectivity index (χ2v) is 5.36. The molecule has 2 rings (SSSR count). The van der Waals surface area contributed by atoms with Crippen LogP contribution in [0.1, 0.15) is 25.3 Å². The summed E-state index contributed by atoms with van der Waals surface area (Å²) in [7, 11) is 0. The first kappa shape index (κ1) is 13.6. The highest BCUT2D eigenvalue weighted by molar-refractivity contribution is 5.81. The normalized spacial score (nSPS) is 22.8. The molecule has 1 aromatic rings. The predicted octanol–water partition coefficient (Wildman–Crippen LogP) is 1.97. The fourth-order valence-corrected chi connectivity index (χ4v) is 2.64. The second-order valence-electron chi connectivity index (χ2n) is 5.36. The number of carboxylic acids is 1. The monoisotopic (exact) mass is 261 g/mol. The number of hydrogen-bond acceptors (Lipinski definition) is 2. The summed E-state index contributed by atoms with van der Waals surface area (Å²) < 4.78 is 0. The average Bonchev–Trinajstić information content (AvgIpc) is 2.83. The molecule has 1 fully saturated rings. The number of carbonyl (C=O) groups excluding carboxylic acids is 1. The first-order valence-electron chi connectivity index (χ1n) is 6.57. The van der Waals surface area contributed by atoms with Gasteiger partial charge in [-0.05, 0) is 5.56 Å². The number of benzene rings is 1. The van der Waals surface area contributed by atoms with Crippen LogP contribution < -0.4 is 0 Å². The number of rotatable bonds is 3. The van der Waals surface area contributed by atoms with Crippen LogP contribution in [0.2, 0.25) is 0 Å². The molecule has 1 amide bonds. The van der Waals surface area contributed by atoms with Gasteiger partial charge in [0.2, 0.25) is 5.91 Å². The van der Waals surface area contributed by atoms with Crippen LogP contribution in [0.5, 0.6) is 0 Å². The van der Waals surface area contributed by atoms with E-state index in [0.717, 1.165) is 5.56 Å². The lowest BCUT2D eigenvalue weighted by atomic mass is 9.89. The highest BCUT2D eigenvalue weighted by Crippen LogP contribution is 2.33. The minimum Gasteiger partial charge on any atom is -0.481 e. The molecule has 0 spiro atoms. The zero-order chi connectivity index (χ0) is 14.0. The number of likely N-dealkylation sites (tertiary alicyclic amines) is 1. The molecule has 1 aromatic carbocycles. The van der Waals surface area contributed by atoms with E-state index in [-0.39, 0.29) is 17.7 Å². The Morgan fingerprint density at radius 1 is 1.21 bits per heavy atom. The molecule has 0 bridgehead atoms. The Labute approximate surface area is 113 Å². The summed E-state index contributed by atoms with van der Waals surface area (Å²) >= 11 is 0. The lowest BCUT2D eigenvalue weighted by molar-refractivity contribution is -0.142. The largest absolute Gasteiger partial charge is 0.481 e.